The summed E-state index contributed by atoms with van der Waals surface area (Å²) in [6.45, 7) is 6.55. The third-order valence-corrected chi connectivity index (χ3v) is 8.98. The highest BCUT2D eigenvalue weighted by Gasteiger charge is 2.36. The number of nitrogens with one attached hydrogen (secondary N) is 2. The fourth-order valence-corrected chi connectivity index (χ4v) is 6.21. The summed E-state index contributed by atoms with van der Waals surface area (Å²) >= 11 is 0. The Balaban J connectivity index is 1.87. The molecule has 1 aliphatic heterocycles. The number of aryl methyl sites for hydroxylation is 1. The molecule has 0 aliphatic carbocycles. The molecule has 2 aromatic carbocycles. The van der Waals surface area contributed by atoms with Gasteiger partial charge < -0.3 is 20.5 Å². The van der Waals surface area contributed by atoms with Gasteiger partial charge in [0, 0.05) is 31.5 Å². The van der Waals surface area contributed by atoms with Crippen molar-refractivity contribution in [3.63, 3.8) is 0 Å². The predicted octanol–water partition coefficient (Wildman–Crippen LogP) is 3.83. The highest BCUT2D eigenvalue weighted by atomic mass is 32.2. The highest BCUT2D eigenvalue weighted by Crippen LogP contribution is 2.30. The van der Waals surface area contributed by atoms with Gasteiger partial charge in [-0.05, 0) is 55.7 Å². The molecule has 5 N–H and O–H groups in total. The van der Waals surface area contributed by atoms with Crippen LogP contribution in [-0.2, 0) is 14.8 Å². The van der Waals surface area contributed by atoms with Crippen molar-refractivity contribution < 1.29 is 23.1 Å². The molecule has 0 bridgehead atoms. The van der Waals surface area contributed by atoms with Crippen LogP contribution in [0.4, 0.5) is 5.69 Å². The van der Waals surface area contributed by atoms with Crippen LogP contribution < -0.4 is 14.8 Å². The largest absolute Gasteiger partial charge is 0.490 e. The molecule has 1 unspecified atom stereocenters. The molecule has 39 heavy (non-hydrogen) atoms. The van der Waals surface area contributed by atoms with Crippen LogP contribution in [0.1, 0.15) is 49.8 Å². The second-order valence-electron chi connectivity index (χ2n) is 9.59. The minimum absolute atomic E-state index is 0.00447. The van der Waals surface area contributed by atoms with E-state index in [2.05, 4.69) is 0 Å². The summed E-state index contributed by atoms with van der Waals surface area (Å²) in [5.74, 6) is -0.288. The Morgan fingerprint density at radius 3 is 2.49 bits per heavy atom. The number of ether oxygens (including phenoxy) is 1. The summed E-state index contributed by atoms with van der Waals surface area (Å²) in [5.41, 5.74) is 7.92. The van der Waals surface area contributed by atoms with Crippen molar-refractivity contribution in [2.45, 2.75) is 51.4 Å². The van der Waals surface area contributed by atoms with Crippen LogP contribution in [0.2, 0.25) is 0 Å². The van der Waals surface area contributed by atoms with Gasteiger partial charge in [-0.1, -0.05) is 37.3 Å². The van der Waals surface area contributed by atoms with Crippen LogP contribution in [0, 0.1) is 17.7 Å². The number of piperidine rings is 1. The smallest absolute Gasteiger partial charge is 0.323 e. The minimum atomic E-state index is -4.25. The zero-order valence-electron chi connectivity index (χ0n) is 22.6. The summed E-state index contributed by atoms with van der Waals surface area (Å²) in [4.78, 5) is 13.8. The number of carbonyl (C=O) groups is 1. The van der Waals surface area contributed by atoms with Crippen molar-refractivity contribution in [2.75, 3.05) is 23.9 Å². The Hall–Kier alpha value is -3.86. The Kier molecular flexibility index (Phi) is 9.74. The number of nitrogens with two attached hydrogens (primary N) is 1. The second-order valence-corrected chi connectivity index (χ2v) is 11.6. The summed E-state index contributed by atoms with van der Waals surface area (Å²) in [6.07, 6.45) is 4.84. The molecule has 1 fully saturated rings. The van der Waals surface area contributed by atoms with Crippen molar-refractivity contribution in [3.8, 4) is 5.75 Å². The van der Waals surface area contributed by atoms with Crippen molar-refractivity contribution in [2.24, 2.45) is 5.73 Å². The van der Waals surface area contributed by atoms with E-state index in [1.807, 2.05) is 11.8 Å². The lowest BCUT2D eigenvalue weighted by Crippen LogP contribution is -2.42. The number of hydrogen-bond donors (Lipinski definition) is 4. The lowest BCUT2D eigenvalue weighted by Gasteiger charge is -2.33. The first-order valence-corrected chi connectivity index (χ1v) is 14.4. The van der Waals surface area contributed by atoms with E-state index in [0.29, 0.717) is 22.8 Å². The molecule has 0 amide bonds. The van der Waals surface area contributed by atoms with Crippen LogP contribution in [0.15, 0.2) is 48.5 Å². The van der Waals surface area contributed by atoms with Crippen molar-refractivity contribution in [1.29, 1.82) is 10.8 Å². The molecule has 1 atom stereocenters. The molecule has 10 nitrogen and oxygen atoms in total. The maximum Gasteiger partial charge on any atom is 0.323 e. The molecule has 0 saturated carbocycles. The van der Waals surface area contributed by atoms with Gasteiger partial charge in [0.05, 0.1) is 18.1 Å². The third-order valence-electron chi connectivity index (χ3n) is 6.75. The van der Waals surface area contributed by atoms with E-state index in [4.69, 9.17) is 21.3 Å². The predicted molar refractivity (Wildman–Crippen MR) is 154 cm³/mol. The van der Waals surface area contributed by atoms with Crippen LogP contribution >= 0.6 is 0 Å². The zero-order chi connectivity index (χ0) is 28.7. The lowest BCUT2D eigenvalue weighted by molar-refractivity contribution is -0.136. The average Bonchev–Trinajstić information content (AvgIpc) is 2.88. The van der Waals surface area contributed by atoms with E-state index in [9.17, 15) is 18.3 Å². The van der Waals surface area contributed by atoms with Crippen molar-refractivity contribution in [1.82, 2.24) is 4.90 Å². The normalized spacial score (nSPS) is 15.2. The molecular formula is C28H37N5O5S. The van der Waals surface area contributed by atoms with Gasteiger partial charge in [-0.2, -0.15) is 0 Å². The summed E-state index contributed by atoms with van der Waals surface area (Å²) in [5, 5.41) is 23.4. The standard InChI is InChI=1S/C28H37N5O5S/c1-4-26(28(34)35)39(36,37)33(14-6-8-21-7-5-9-22(18-21)27(30)31)23-10-11-25(19(2)17-23)38-24-12-15-32(16-13-24)20(3)29/h5-11,17-18,24,26,29H,4,12-16H2,1-3H3,(H3,30,31)(H,34,35). The molecule has 11 heteroatoms. The number of nitrogen functional groups attached to an aromatic ring is 1. The van der Waals surface area contributed by atoms with Crippen LogP contribution in [0.5, 0.6) is 5.75 Å². The first-order valence-electron chi connectivity index (χ1n) is 12.9. The van der Waals surface area contributed by atoms with E-state index in [1.165, 1.54) is 6.92 Å². The number of anilines is 1. The van der Waals surface area contributed by atoms with E-state index in [-0.39, 0.29) is 24.9 Å². The maximum atomic E-state index is 13.5. The molecule has 1 saturated heterocycles. The number of nitrogens with zero attached hydrogens (tertiary/aromatic N) is 2. The number of likely N-dealkylation sites (tertiary alicyclic amines) is 1. The van der Waals surface area contributed by atoms with Gasteiger partial charge in [-0.3, -0.25) is 19.9 Å². The molecule has 0 radical (unpaired) electrons. The van der Waals surface area contributed by atoms with Crippen LogP contribution in [0.3, 0.4) is 0 Å². The van der Waals surface area contributed by atoms with Gasteiger partial charge in [0.2, 0.25) is 10.0 Å². The van der Waals surface area contributed by atoms with Gasteiger partial charge >= 0.3 is 5.97 Å². The Labute approximate surface area is 230 Å². The molecule has 2 aromatic rings. The minimum Gasteiger partial charge on any atom is -0.490 e. The molecule has 210 valence electrons. The van der Waals surface area contributed by atoms with Crippen LogP contribution in [0.25, 0.3) is 6.08 Å². The average molecular weight is 556 g/mol. The number of carboxylic acids is 1. The zero-order valence-corrected chi connectivity index (χ0v) is 23.4. The van der Waals surface area contributed by atoms with Crippen LogP contribution in [-0.4, -0.2) is 67.1 Å². The Morgan fingerprint density at radius 1 is 1.23 bits per heavy atom. The third kappa shape index (κ3) is 7.38. The quantitative estimate of drug-likeness (QED) is 0.242. The summed E-state index contributed by atoms with van der Waals surface area (Å²) in [6, 6.07) is 12.0. The topological polar surface area (TPSA) is 161 Å². The van der Waals surface area contributed by atoms with Gasteiger partial charge in [0.1, 0.15) is 17.7 Å². The van der Waals surface area contributed by atoms with Crippen molar-refractivity contribution >= 4 is 39.4 Å². The number of amidine groups is 2. The first-order chi connectivity index (χ1) is 18.4. The van der Waals surface area contributed by atoms with E-state index >= 15 is 0 Å². The molecule has 1 aliphatic rings. The monoisotopic (exact) mass is 555 g/mol. The summed E-state index contributed by atoms with van der Waals surface area (Å²) in [7, 11) is -4.25. The van der Waals surface area contributed by atoms with E-state index < -0.39 is 21.2 Å². The number of rotatable bonds is 11. The van der Waals surface area contributed by atoms with Gasteiger partial charge in [-0.25, -0.2) is 8.42 Å². The first kappa shape index (κ1) is 29.7. The number of sulfonamides is 1. The molecular weight excluding hydrogens is 518 g/mol. The molecule has 1 heterocycles. The van der Waals surface area contributed by atoms with Gasteiger partial charge in [0.15, 0.2) is 5.25 Å². The number of aliphatic carboxylic acids is 1. The second kappa shape index (κ2) is 12.8. The number of benzene rings is 2. The fourth-order valence-electron chi connectivity index (χ4n) is 4.53. The number of hydrogen-bond acceptors (Lipinski definition) is 6. The Morgan fingerprint density at radius 2 is 1.92 bits per heavy atom. The number of carboxylic acid groups (broad SMARTS) is 1. The summed E-state index contributed by atoms with van der Waals surface area (Å²) < 4.78 is 34.3. The molecule has 0 aromatic heterocycles. The lowest BCUT2D eigenvalue weighted by atomic mass is 10.1. The van der Waals surface area contributed by atoms with Gasteiger partial charge in [-0.15, -0.1) is 0 Å². The van der Waals surface area contributed by atoms with Gasteiger partial charge in [0.25, 0.3) is 0 Å². The van der Waals surface area contributed by atoms with Crippen molar-refractivity contribution in [3.05, 3.63) is 65.2 Å². The Bertz CT molecular complexity index is 1350. The fraction of sp³-hybridized carbons (Fsp3) is 0.393. The molecule has 3 rings (SSSR count). The highest BCUT2D eigenvalue weighted by molar-refractivity contribution is 7.94. The molecule has 0 spiro atoms. The SMILES string of the molecule is CCC(C(=O)O)S(=O)(=O)N(CC=Cc1cccc(C(=N)N)c1)c1ccc(OC2CCN(C(C)=N)CC2)c(C)c1. The maximum absolute atomic E-state index is 13.5. The van der Waals surface area contributed by atoms with E-state index in [1.54, 1.807) is 61.5 Å². The van der Waals surface area contributed by atoms with E-state index in [0.717, 1.165) is 41.4 Å².